The number of ether oxygens (including phenoxy) is 3. The Hall–Kier alpha value is -1.03. The summed E-state index contributed by atoms with van der Waals surface area (Å²) in [7, 11) is 1.29. The summed E-state index contributed by atoms with van der Waals surface area (Å²) < 4.78 is 16.1. The topological polar surface area (TPSA) is 105 Å². The SMILES string of the molecule is COC1O[C@H](CO)[C@H](OC(=O)c2ccc(Br)cc2)[C@H](O)[C@H]1O. The van der Waals surface area contributed by atoms with E-state index in [-0.39, 0.29) is 5.56 Å². The number of benzene rings is 1. The van der Waals surface area contributed by atoms with E-state index < -0.39 is 43.3 Å². The highest BCUT2D eigenvalue weighted by Gasteiger charge is 2.46. The Morgan fingerprint density at radius 2 is 1.91 bits per heavy atom. The quantitative estimate of drug-likeness (QED) is 0.638. The van der Waals surface area contributed by atoms with Gasteiger partial charge in [0.1, 0.15) is 18.3 Å². The van der Waals surface area contributed by atoms with Gasteiger partial charge in [-0.1, -0.05) is 15.9 Å². The number of carbonyl (C=O) groups excluding carboxylic acids is 1. The Morgan fingerprint density at radius 3 is 2.45 bits per heavy atom. The molecule has 1 heterocycles. The van der Waals surface area contributed by atoms with Gasteiger partial charge in [-0.15, -0.1) is 0 Å². The third-order valence-electron chi connectivity index (χ3n) is 3.38. The zero-order valence-electron chi connectivity index (χ0n) is 11.8. The zero-order valence-corrected chi connectivity index (χ0v) is 13.3. The maximum absolute atomic E-state index is 12.1. The lowest BCUT2D eigenvalue weighted by Crippen LogP contribution is -2.60. The first-order chi connectivity index (χ1) is 10.5. The summed E-state index contributed by atoms with van der Waals surface area (Å²) in [5.74, 6) is -0.693. The molecule has 8 heteroatoms. The van der Waals surface area contributed by atoms with Gasteiger partial charge in [0.05, 0.1) is 12.2 Å². The molecule has 7 nitrogen and oxygen atoms in total. The summed E-state index contributed by atoms with van der Waals surface area (Å²) in [6, 6.07) is 6.43. The Morgan fingerprint density at radius 1 is 1.27 bits per heavy atom. The molecule has 0 bridgehead atoms. The predicted molar refractivity (Wildman–Crippen MR) is 78.1 cm³/mol. The van der Waals surface area contributed by atoms with Crippen molar-refractivity contribution in [3.8, 4) is 0 Å². The fourth-order valence-electron chi connectivity index (χ4n) is 2.17. The molecule has 1 unspecified atom stereocenters. The van der Waals surface area contributed by atoms with Gasteiger partial charge in [-0.05, 0) is 24.3 Å². The zero-order chi connectivity index (χ0) is 16.3. The van der Waals surface area contributed by atoms with Gasteiger partial charge in [-0.3, -0.25) is 0 Å². The van der Waals surface area contributed by atoms with Crippen molar-refractivity contribution in [2.75, 3.05) is 13.7 Å². The molecular weight excluding hydrogens is 360 g/mol. The number of aliphatic hydroxyl groups is 3. The van der Waals surface area contributed by atoms with Crippen molar-refractivity contribution >= 4 is 21.9 Å². The van der Waals surface area contributed by atoms with Crippen molar-refractivity contribution in [1.29, 1.82) is 0 Å². The van der Waals surface area contributed by atoms with E-state index in [0.29, 0.717) is 0 Å². The molecule has 0 radical (unpaired) electrons. The summed E-state index contributed by atoms with van der Waals surface area (Å²) in [5.41, 5.74) is 0.274. The average molecular weight is 377 g/mol. The van der Waals surface area contributed by atoms with Crippen molar-refractivity contribution in [2.24, 2.45) is 0 Å². The van der Waals surface area contributed by atoms with E-state index in [9.17, 15) is 20.1 Å². The van der Waals surface area contributed by atoms with Crippen LogP contribution in [0.25, 0.3) is 0 Å². The number of methoxy groups -OCH3 is 1. The first-order valence-corrected chi connectivity index (χ1v) is 7.39. The van der Waals surface area contributed by atoms with Crippen LogP contribution in [0, 0.1) is 0 Å². The molecule has 0 aliphatic carbocycles. The Bertz CT molecular complexity index is 504. The van der Waals surface area contributed by atoms with Crippen molar-refractivity contribution < 1.29 is 34.3 Å². The van der Waals surface area contributed by atoms with Gasteiger partial charge in [0.25, 0.3) is 0 Å². The molecule has 0 saturated carbocycles. The Labute approximate surface area is 135 Å². The van der Waals surface area contributed by atoms with Crippen LogP contribution >= 0.6 is 15.9 Å². The first kappa shape index (κ1) is 17.3. The number of carbonyl (C=O) groups is 1. The van der Waals surface area contributed by atoms with Crippen LogP contribution in [0.1, 0.15) is 10.4 Å². The molecular formula is C14H17BrO7. The minimum absolute atomic E-state index is 0.274. The molecule has 1 aromatic carbocycles. The summed E-state index contributed by atoms with van der Waals surface area (Å²) in [4.78, 5) is 12.1. The number of halogens is 1. The molecule has 22 heavy (non-hydrogen) atoms. The second-order valence-electron chi connectivity index (χ2n) is 4.82. The number of hydrogen-bond acceptors (Lipinski definition) is 7. The monoisotopic (exact) mass is 376 g/mol. The molecule has 1 aliphatic rings. The van der Waals surface area contributed by atoms with Crippen LogP contribution in [-0.2, 0) is 14.2 Å². The lowest BCUT2D eigenvalue weighted by atomic mass is 9.99. The van der Waals surface area contributed by atoms with E-state index in [1.54, 1.807) is 24.3 Å². The summed E-state index contributed by atoms with van der Waals surface area (Å²) in [5, 5.41) is 29.3. The molecule has 0 aromatic heterocycles. The highest BCUT2D eigenvalue weighted by atomic mass is 79.9. The first-order valence-electron chi connectivity index (χ1n) is 6.59. The third-order valence-corrected chi connectivity index (χ3v) is 3.90. The smallest absolute Gasteiger partial charge is 0.338 e. The van der Waals surface area contributed by atoms with Crippen LogP contribution in [0.15, 0.2) is 28.7 Å². The molecule has 1 aromatic rings. The van der Waals surface area contributed by atoms with E-state index in [0.717, 1.165) is 4.47 Å². The van der Waals surface area contributed by atoms with Crippen LogP contribution in [0.5, 0.6) is 0 Å². The van der Waals surface area contributed by atoms with Gasteiger partial charge in [0, 0.05) is 11.6 Å². The number of rotatable bonds is 4. The maximum atomic E-state index is 12.1. The molecule has 1 fully saturated rings. The molecule has 122 valence electrons. The summed E-state index contributed by atoms with van der Waals surface area (Å²) >= 11 is 3.25. The number of aliphatic hydroxyl groups excluding tert-OH is 3. The van der Waals surface area contributed by atoms with E-state index in [4.69, 9.17) is 14.2 Å². The van der Waals surface area contributed by atoms with E-state index in [2.05, 4.69) is 15.9 Å². The standard InChI is InChI=1S/C14H17BrO7/c1-20-14-11(18)10(17)12(9(6-16)21-14)22-13(19)7-2-4-8(15)5-3-7/h2-5,9-12,14,16-18H,6H2,1H3/t9-,10-,11-,12+,14?/m1/s1. The van der Waals surface area contributed by atoms with Gasteiger partial charge >= 0.3 is 5.97 Å². The van der Waals surface area contributed by atoms with E-state index in [1.807, 2.05) is 0 Å². The fourth-order valence-corrected chi connectivity index (χ4v) is 2.43. The van der Waals surface area contributed by atoms with Gasteiger partial charge in [0.2, 0.25) is 0 Å². The summed E-state index contributed by atoms with van der Waals surface area (Å²) in [6.45, 7) is -0.498. The molecule has 5 atom stereocenters. The highest BCUT2D eigenvalue weighted by molar-refractivity contribution is 9.10. The Balaban J connectivity index is 2.12. The van der Waals surface area contributed by atoms with E-state index >= 15 is 0 Å². The van der Waals surface area contributed by atoms with Crippen LogP contribution < -0.4 is 0 Å². The van der Waals surface area contributed by atoms with Crippen LogP contribution in [0.2, 0.25) is 0 Å². The van der Waals surface area contributed by atoms with Gasteiger partial charge in [-0.2, -0.15) is 0 Å². The van der Waals surface area contributed by atoms with Crippen LogP contribution in [-0.4, -0.2) is 65.7 Å². The highest BCUT2D eigenvalue weighted by Crippen LogP contribution is 2.25. The lowest BCUT2D eigenvalue weighted by molar-refractivity contribution is -0.293. The molecule has 0 amide bonds. The average Bonchev–Trinajstić information content (AvgIpc) is 2.52. The number of hydrogen-bond donors (Lipinski definition) is 3. The molecule has 2 rings (SSSR count). The maximum Gasteiger partial charge on any atom is 0.338 e. The van der Waals surface area contributed by atoms with Crippen molar-refractivity contribution in [1.82, 2.24) is 0 Å². The van der Waals surface area contributed by atoms with E-state index in [1.165, 1.54) is 7.11 Å². The predicted octanol–water partition coefficient (Wildman–Crippen LogP) is 0.0599. The van der Waals surface area contributed by atoms with Crippen LogP contribution in [0.4, 0.5) is 0 Å². The summed E-state index contributed by atoms with van der Waals surface area (Å²) in [6.07, 6.45) is -6.13. The fraction of sp³-hybridized carbons (Fsp3) is 0.500. The number of esters is 1. The second-order valence-corrected chi connectivity index (χ2v) is 5.73. The van der Waals surface area contributed by atoms with Gasteiger partial charge in [0.15, 0.2) is 12.4 Å². The Kier molecular flexibility index (Phi) is 5.90. The van der Waals surface area contributed by atoms with Gasteiger partial charge < -0.3 is 29.5 Å². The molecule has 1 aliphatic heterocycles. The van der Waals surface area contributed by atoms with Crippen molar-refractivity contribution in [2.45, 2.75) is 30.7 Å². The van der Waals surface area contributed by atoms with Crippen molar-refractivity contribution in [3.05, 3.63) is 34.3 Å². The normalized spacial score (nSPS) is 31.8. The second kappa shape index (κ2) is 7.49. The van der Waals surface area contributed by atoms with Crippen molar-refractivity contribution in [3.63, 3.8) is 0 Å². The lowest BCUT2D eigenvalue weighted by Gasteiger charge is -2.40. The molecule has 1 saturated heterocycles. The largest absolute Gasteiger partial charge is 0.453 e. The van der Waals surface area contributed by atoms with Crippen LogP contribution in [0.3, 0.4) is 0 Å². The minimum Gasteiger partial charge on any atom is -0.453 e. The minimum atomic E-state index is -1.43. The molecule has 0 spiro atoms. The van der Waals surface area contributed by atoms with Gasteiger partial charge in [-0.25, -0.2) is 4.79 Å². The third kappa shape index (κ3) is 3.65. The molecule has 3 N–H and O–H groups in total.